The second kappa shape index (κ2) is 12.1. The molecule has 0 amide bonds. The van der Waals surface area contributed by atoms with E-state index in [0.717, 1.165) is 0 Å². The predicted octanol–water partition coefficient (Wildman–Crippen LogP) is 7.72. The molecule has 0 bridgehead atoms. The van der Waals surface area contributed by atoms with Gasteiger partial charge in [-0.1, -0.05) is 121 Å². The average Bonchev–Trinajstić information content (AvgIpc) is 3.18. The van der Waals surface area contributed by atoms with Crippen LogP contribution < -0.4 is 0 Å². The van der Waals surface area contributed by atoms with Crippen LogP contribution in [0.4, 0.5) is 0 Å². The summed E-state index contributed by atoms with van der Waals surface area (Å²) in [6, 6.07) is -11.9. The minimum atomic E-state index is -0.609. The number of rotatable bonds is 4. The van der Waals surface area contributed by atoms with Gasteiger partial charge in [0.05, 0.1) is 27.4 Å². The van der Waals surface area contributed by atoms with E-state index in [9.17, 15) is 0 Å². The third kappa shape index (κ3) is 6.42. The standard InChI is InChI=1S/2C15H10ClN3/c2*16-15-18-13(11-7-3-1-4-8-11)17-14(19-15)12-9-5-2-6-10-12/h2*1-10H/i2*1D,2D,3D,4D,5D,6D,7D,8D,9D,10D. The van der Waals surface area contributed by atoms with Crippen LogP contribution >= 0.6 is 23.2 Å². The highest BCUT2D eigenvalue weighted by molar-refractivity contribution is 6.28. The predicted molar refractivity (Wildman–Crippen MR) is 151 cm³/mol. The van der Waals surface area contributed by atoms with Crippen molar-refractivity contribution < 1.29 is 27.4 Å². The van der Waals surface area contributed by atoms with Crippen LogP contribution in [0.2, 0.25) is 10.6 Å². The monoisotopic (exact) mass is 554 g/mol. The molecule has 0 spiro atoms. The maximum Gasteiger partial charge on any atom is 0.226 e. The zero-order valence-corrected chi connectivity index (χ0v) is 20.0. The van der Waals surface area contributed by atoms with Crippen LogP contribution in [0.5, 0.6) is 0 Å². The molecule has 0 aliphatic rings. The van der Waals surface area contributed by atoms with Gasteiger partial charge in [0.2, 0.25) is 10.6 Å². The SMILES string of the molecule is [2H]c1c([2H])c([2H])c(-c2nc(Cl)nc(-c3c([2H])c([2H])c([2H])c([2H])c3[2H])n2)c([2H])c1[2H].[2H]c1c([2H])c([2H])c(-c2nc(Cl)nc(-c3c([2H])c([2H])c([2H])c([2H])c3[2H])n2)c([2H])c1[2H]. The molecule has 0 aliphatic carbocycles. The summed E-state index contributed by atoms with van der Waals surface area (Å²) in [5, 5.41) is -0.882. The molecule has 0 unspecified atom stereocenters. The lowest BCUT2D eigenvalue weighted by atomic mass is 10.2. The van der Waals surface area contributed by atoms with Crippen molar-refractivity contribution in [1.82, 2.24) is 29.9 Å². The summed E-state index contributed by atoms with van der Waals surface area (Å²) in [7, 11) is 0. The van der Waals surface area contributed by atoms with Gasteiger partial charge in [-0.2, -0.15) is 19.9 Å². The van der Waals surface area contributed by atoms with Crippen molar-refractivity contribution in [3.8, 4) is 45.6 Å². The number of nitrogens with zero attached hydrogens (tertiary/aromatic N) is 6. The number of aromatic nitrogens is 6. The van der Waals surface area contributed by atoms with Gasteiger partial charge < -0.3 is 0 Å². The molecule has 0 saturated heterocycles. The molecule has 184 valence electrons. The van der Waals surface area contributed by atoms with Crippen molar-refractivity contribution in [2.75, 3.05) is 0 Å². The molecule has 0 saturated carbocycles. The van der Waals surface area contributed by atoms with Crippen molar-refractivity contribution >= 4 is 23.2 Å². The minimum Gasteiger partial charge on any atom is -0.208 e. The molecule has 2 aromatic heterocycles. The van der Waals surface area contributed by atoms with Crippen LogP contribution in [-0.4, -0.2) is 29.9 Å². The number of hydrogen-bond acceptors (Lipinski definition) is 6. The fraction of sp³-hybridized carbons (Fsp3) is 0. The minimum absolute atomic E-state index is 0.353. The van der Waals surface area contributed by atoms with Gasteiger partial charge in [0.15, 0.2) is 23.3 Å². The first-order valence-corrected chi connectivity index (χ1v) is 10.8. The first kappa shape index (κ1) is 10.7. The number of halogens is 2. The topological polar surface area (TPSA) is 77.3 Å². The highest BCUT2D eigenvalue weighted by atomic mass is 35.5. The Labute approximate surface area is 258 Å². The van der Waals surface area contributed by atoms with Crippen molar-refractivity contribution in [3.63, 3.8) is 0 Å². The average molecular weight is 556 g/mol. The highest BCUT2D eigenvalue weighted by Gasteiger charge is 2.09. The van der Waals surface area contributed by atoms with E-state index in [4.69, 9.17) is 50.6 Å². The van der Waals surface area contributed by atoms with Gasteiger partial charge in [0.25, 0.3) is 0 Å². The highest BCUT2D eigenvalue weighted by Crippen LogP contribution is 2.22. The van der Waals surface area contributed by atoms with Crippen LogP contribution in [0.15, 0.2) is 121 Å². The summed E-state index contributed by atoms with van der Waals surface area (Å²) in [6.45, 7) is 0. The van der Waals surface area contributed by atoms with E-state index in [1.54, 1.807) is 0 Å². The molecule has 4 aromatic carbocycles. The van der Waals surface area contributed by atoms with Crippen LogP contribution in [0, 0.1) is 0 Å². The maximum atomic E-state index is 8.02. The molecule has 6 aromatic rings. The third-order valence-electron chi connectivity index (χ3n) is 4.11. The molecule has 0 aliphatic heterocycles. The second-order valence-corrected chi connectivity index (χ2v) is 7.18. The quantitative estimate of drug-likeness (QED) is 0.222. The summed E-state index contributed by atoms with van der Waals surface area (Å²) in [5.74, 6) is -1.54. The normalized spacial score (nSPS) is 17.7. The molecule has 0 radical (unpaired) electrons. The van der Waals surface area contributed by atoms with E-state index in [1.165, 1.54) is 0 Å². The summed E-state index contributed by atoms with van der Waals surface area (Å²) < 4.78 is 157. The summed E-state index contributed by atoms with van der Waals surface area (Å²) in [4.78, 5) is 23.2. The van der Waals surface area contributed by atoms with Gasteiger partial charge in [-0.15, -0.1) is 0 Å². The van der Waals surface area contributed by atoms with E-state index in [-0.39, 0.29) is 45.6 Å². The first-order chi connectivity index (χ1) is 26.9. The molecule has 0 N–H and O–H groups in total. The smallest absolute Gasteiger partial charge is 0.208 e. The summed E-state index contributed by atoms with van der Waals surface area (Å²) >= 11 is 11.8. The van der Waals surface area contributed by atoms with Gasteiger partial charge >= 0.3 is 0 Å². The Morgan fingerprint density at radius 1 is 0.342 bits per heavy atom. The Kier molecular flexibility index (Phi) is 3.42. The van der Waals surface area contributed by atoms with Crippen LogP contribution in [0.3, 0.4) is 0 Å². The van der Waals surface area contributed by atoms with Gasteiger partial charge in [-0.25, -0.2) is 9.97 Å². The molecular formula is C30H20Cl2N6. The summed E-state index contributed by atoms with van der Waals surface area (Å²) in [5.41, 5.74) is -1.41. The van der Waals surface area contributed by atoms with E-state index in [0.29, 0.717) is 0 Å². The zero-order chi connectivity index (χ0) is 43.6. The lowest BCUT2D eigenvalue weighted by Crippen LogP contribution is -1.96. The lowest BCUT2D eigenvalue weighted by Gasteiger charge is -2.04. The van der Waals surface area contributed by atoms with Crippen LogP contribution in [-0.2, 0) is 0 Å². The molecule has 0 fully saturated rings. The molecule has 0 atom stereocenters. The molecular weight excluding hydrogens is 515 g/mol. The fourth-order valence-corrected chi connectivity index (χ4v) is 2.91. The molecule has 6 rings (SSSR count). The maximum absolute atomic E-state index is 8.02. The summed E-state index contributed by atoms with van der Waals surface area (Å²) in [6.07, 6.45) is 0. The van der Waals surface area contributed by atoms with Gasteiger partial charge in [-0.05, 0) is 23.2 Å². The van der Waals surface area contributed by atoms with Crippen LogP contribution in [0.1, 0.15) is 27.4 Å². The Morgan fingerprint density at radius 3 is 0.763 bits per heavy atom. The Hall–Kier alpha value is -4.52. The zero-order valence-electron chi connectivity index (χ0n) is 38.4. The van der Waals surface area contributed by atoms with Crippen molar-refractivity contribution in [2.24, 2.45) is 0 Å². The largest absolute Gasteiger partial charge is 0.226 e. The molecule has 6 nitrogen and oxygen atoms in total. The fourth-order valence-electron chi connectivity index (χ4n) is 2.59. The van der Waals surface area contributed by atoms with Gasteiger partial charge in [0.1, 0.15) is 0 Å². The number of hydrogen-bond donors (Lipinski definition) is 0. The third-order valence-corrected chi connectivity index (χ3v) is 4.45. The lowest BCUT2D eigenvalue weighted by molar-refractivity contribution is 1.07. The van der Waals surface area contributed by atoms with E-state index < -0.39 is 131 Å². The van der Waals surface area contributed by atoms with Gasteiger partial charge in [0, 0.05) is 22.3 Å². The van der Waals surface area contributed by atoms with E-state index in [1.807, 2.05) is 0 Å². The van der Waals surface area contributed by atoms with Crippen molar-refractivity contribution in [3.05, 3.63) is 131 Å². The van der Waals surface area contributed by atoms with E-state index in [2.05, 4.69) is 29.9 Å². The molecule has 38 heavy (non-hydrogen) atoms. The Balaban J connectivity index is 0.000000221. The molecule has 2 heterocycles. The van der Waals surface area contributed by atoms with Crippen LogP contribution in [0.25, 0.3) is 45.6 Å². The van der Waals surface area contributed by atoms with Crippen molar-refractivity contribution in [1.29, 1.82) is 0 Å². The second-order valence-electron chi connectivity index (χ2n) is 6.50. The first-order valence-electron chi connectivity index (χ1n) is 20.1. The van der Waals surface area contributed by atoms with Crippen molar-refractivity contribution in [2.45, 2.75) is 0 Å². The van der Waals surface area contributed by atoms with E-state index >= 15 is 0 Å². The molecule has 8 heteroatoms. The Morgan fingerprint density at radius 2 is 0.553 bits per heavy atom. The number of benzene rings is 4. The Bertz CT molecular complexity index is 2260. The van der Waals surface area contributed by atoms with Gasteiger partial charge in [-0.3, -0.25) is 0 Å².